The van der Waals surface area contributed by atoms with Gasteiger partial charge in [-0.15, -0.1) is 0 Å². The van der Waals surface area contributed by atoms with Gasteiger partial charge in [0.1, 0.15) is 11.3 Å². The fourth-order valence-corrected chi connectivity index (χ4v) is 2.72. The third kappa shape index (κ3) is 2.98. The highest BCUT2D eigenvalue weighted by Gasteiger charge is 2.12. The van der Waals surface area contributed by atoms with Crippen LogP contribution in [0.4, 0.5) is 11.4 Å². The molecule has 6 heteroatoms. The van der Waals surface area contributed by atoms with E-state index in [0.717, 1.165) is 16.8 Å². The van der Waals surface area contributed by atoms with Gasteiger partial charge in [-0.25, -0.2) is 4.79 Å². The lowest BCUT2D eigenvalue weighted by Gasteiger charge is -2.13. The standard InChI is InChI=1S/C18H15ClN2O3/c1-23-15-7-6-13(19)16-14(8-9-20-17(15)16)21-12-5-3-4-11(10-12)18(22)24-2/h3-10H,1-2H3,(H,20,21). The number of carbonyl (C=O) groups is 1. The van der Waals surface area contributed by atoms with Crippen molar-refractivity contribution in [2.24, 2.45) is 0 Å². The van der Waals surface area contributed by atoms with E-state index in [1.807, 2.05) is 12.1 Å². The molecule has 0 aliphatic rings. The van der Waals surface area contributed by atoms with Crippen LogP contribution in [0.15, 0.2) is 48.7 Å². The summed E-state index contributed by atoms with van der Waals surface area (Å²) in [4.78, 5) is 16.0. The fourth-order valence-electron chi connectivity index (χ4n) is 2.47. The van der Waals surface area contributed by atoms with Crippen LogP contribution in [0.5, 0.6) is 5.75 Å². The summed E-state index contributed by atoms with van der Waals surface area (Å²) in [6, 6.07) is 12.4. The van der Waals surface area contributed by atoms with Crippen LogP contribution >= 0.6 is 11.6 Å². The van der Waals surface area contributed by atoms with E-state index >= 15 is 0 Å². The van der Waals surface area contributed by atoms with Gasteiger partial charge in [0.05, 0.1) is 30.5 Å². The molecule has 122 valence electrons. The zero-order valence-corrected chi connectivity index (χ0v) is 13.9. The van der Waals surface area contributed by atoms with Gasteiger partial charge in [-0.05, 0) is 36.4 Å². The zero-order chi connectivity index (χ0) is 17.1. The Kier molecular flexibility index (Phi) is 4.53. The summed E-state index contributed by atoms with van der Waals surface area (Å²) in [5.41, 5.74) is 2.64. The summed E-state index contributed by atoms with van der Waals surface area (Å²) in [5.74, 6) is 0.249. The third-order valence-electron chi connectivity index (χ3n) is 3.59. The van der Waals surface area contributed by atoms with E-state index in [1.165, 1.54) is 7.11 Å². The smallest absolute Gasteiger partial charge is 0.337 e. The van der Waals surface area contributed by atoms with E-state index in [1.54, 1.807) is 43.6 Å². The number of carbonyl (C=O) groups excluding carboxylic acids is 1. The van der Waals surface area contributed by atoms with E-state index in [4.69, 9.17) is 21.1 Å². The number of nitrogens with one attached hydrogen (secondary N) is 1. The second kappa shape index (κ2) is 6.76. The van der Waals surface area contributed by atoms with Crippen molar-refractivity contribution >= 4 is 39.8 Å². The van der Waals surface area contributed by atoms with E-state index in [-0.39, 0.29) is 0 Å². The average Bonchev–Trinajstić information content (AvgIpc) is 2.62. The molecule has 1 aromatic heterocycles. The molecule has 3 rings (SSSR count). The molecule has 5 nitrogen and oxygen atoms in total. The number of halogens is 1. The molecule has 0 fully saturated rings. The van der Waals surface area contributed by atoms with Crippen molar-refractivity contribution in [3.05, 3.63) is 59.2 Å². The number of aromatic nitrogens is 1. The number of benzene rings is 2. The molecule has 0 amide bonds. The van der Waals surface area contributed by atoms with Gasteiger partial charge in [0.15, 0.2) is 0 Å². The first-order chi connectivity index (χ1) is 11.6. The van der Waals surface area contributed by atoms with Crippen molar-refractivity contribution in [3.63, 3.8) is 0 Å². The second-order valence-electron chi connectivity index (χ2n) is 5.03. The minimum absolute atomic E-state index is 0.391. The molecule has 0 atom stereocenters. The monoisotopic (exact) mass is 342 g/mol. The number of hydrogen-bond donors (Lipinski definition) is 1. The quantitative estimate of drug-likeness (QED) is 0.711. The maximum Gasteiger partial charge on any atom is 0.337 e. The molecule has 3 aromatic rings. The molecule has 0 saturated heterocycles. The van der Waals surface area contributed by atoms with Gasteiger partial charge in [-0.2, -0.15) is 0 Å². The van der Waals surface area contributed by atoms with Crippen LogP contribution in [0.2, 0.25) is 5.02 Å². The Labute approximate surface area is 144 Å². The summed E-state index contributed by atoms with van der Waals surface area (Å²) < 4.78 is 10.1. The summed E-state index contributed by atoms with van der Waals surface area (Å²) >= 11 is 6.35. The Morgan fingerprint density at radius 3 is 2.75 bits per heavy atom. The predicted octanol–water partition coefficient (Wildman–Crippen LogP) is 4.43. The summed E-state index contributed by atoms with van der Waals surface area (Å²) in [7, 11) is 2.94. The van der Waals surface area contributed by atoms with Crippen molar-refractivity contribution < 1.29 is 14.3 Å². The normalized spacial score (nSPS) is 10.5. The van der Waals surface area contributed by atoms with Gasteiger partial charge in [0.2, 0.25) is 0 Å². The SMILES string of the molecule is COC(=O)c1cccc(Nc2ccnc3c(OC)ccc(Cl)c23)c1. The summed E-state index contributed by atoms with van der Waals surface area (Å²) in [6.07, 6.45) is 1.67. The topological polar surface area (TPSA) is 60.5 Å². The van der Waals surface area contributed by atoms with Crippen LogP contribution in [0.3, 0.4) is 0 Å². The van der Waals surface area contributed by atoms with Crippen LogP contribution in [-0.2, 0) is 4.74 Å². The van der Waals surface area contributed by atoms with Gasteiger partial charge in [0.25, 0.3) is 0 Å². The van der Waals surface area contributed by atoms with Gasteiger partial charge in [-0.1, -0.05) is 17.7 Å². The van der Waals surface area contributed by atoms with E-state index in [9.17, 15) is 4.79 Å². The van der Waals surface area contributed by atoms with Crippen molar-refractivity contribution in [1.29, 1.82) is 0 Å². The largest absolute Gasteiger partial charge is 0.494 e. The first-order valence-corrected chi connectivity index (χ1v) is 7.58. The lowest BCUT2D eigenvalue weighted by atomic mass is 10.1. The molecular formula is C18H15ClN2O3. The molecule has 0 aliphatic carbocycles. The van der Waals surface area contributed by atoms with Crippen LogP contribution in [0.25, 0.3) is 10.9 Å². The lowest BCUT2D eigenvalue weighted by Crippen LogP contribution is -2.02. The number of esters is 1. The number of rotatable bonds is 4. The van der Waals surface area contributed by atoms with Crippen LogP contribution in [-0.4, -0.2) is 25.2 Å². The number of nitrogens with zero attached hydrogens (tertiary/aromatic N) is 1. The van der Waals surface area contributed by atoms with Crippen molar-refractivity contribution in [2.45, 2.75) is 0 Å². The van der Waals surface area contributed by atoms with Gasteiger partial charge in [-0.3, -0.25) is 4.98 Å². The highest BCUT2D eigenvalue weighted by Crippen LogP contribution is 2.36. The molecule has 0 spiro atoms. The van der Waals surface area contributed by atoms with Crippen molar-refractivity contribution in [1.82, 2.24) is 4.98 Å². The first-order valence-electron chi connectivity index (χ1n) is 7.20. The Balaban J connectivity index is 2.07. The Morgan fingerprint density at radius 2 is 2.00 bits per heavy atom. The van der Waals surface area contributed by atoms with Crippen molar-refractivity contribution in [3.8, 4) is 5.75 Å². The van der Waals surface area contributed by atoms with Crippen LogP contribution < -0.4 is 10.1 Å². The molecular weight excluding hydrogens is 328 g/mol. The zero-order valence-electron chi connectivity index (χ0n) is 13.2. The summed E-state index contributed by atoms with van der Waals surface area (Å²) in [5, 5.41) is 4.58. The number of fused-ring (bicyclic) bond motifs is 1. The van der Waals surface area contributed by atoms with Gasteiger partial charge < -0.3 is 14.8 Å². The molecule has 2 aromatic carbocycles. The summed E-state index contributed by atoms with van der Waals surface area (Å²) in [6.45, 7) is 0. The van der Waals surface area contributed by atoms with Gasteiger partial charge >= 0.3 is 5.97 Å². The molecule has 0 unspecified atom stereocenters. The Hall–Kier alpha value is -2.79. The van der Waals surface area contributed by atoms with E-state index < -0.39 is 5.97 Å². The molecule has 0 bridgehead atoms. The molecule has 0 saturated carbocycles. The highest BCUT2D eigenvalue weighted by atomic mass is 35.5. The minimum atomic E-state index is -0.391. The predicted molar refractivity (Wildman–Crippen MR) is 94.4 cm³/mol. The maximum absolute atomic E-state index is 11.7. The number of anilines is 2. The molecule has 24 heavy (non-hydrogen) atoms. The Bertz CT molecular complexity index is 912. The van der Waals surface area contributed by atoms with Crippen LogP contribution in [0, 0.1) is 0 Å². The third-order valence-corrected chi connectivity index (χ3v) is 3.90. The number of methoxy groups -OCH3 is 2. The van der Waals surface area contributed by atoms with Crippen molar-refractivity contribution in [2.75, 3.05) is 19.5 Å². The molecule has 1 N–H and O–H groups in total. The molecule has 0 radical (unpaired) electrons. The number of hydrogen-bond acceptors (Lipinski definition) is 5. The average molecular weight is 343 g/mol. The lowest BCUT2D eigenvalue weighted by molar-refractivity contribution is 0.0601. The molecule has 0 aliphatic heterocycles. The second-order valence-corrected chi connectivity index (χ2v) is 5.44. The highest BCUT2D eigenvalue weighted by molar-refractivity contribution is 6.36. The number of ether oxygens (including phenoxy) is 2. The minimum Gasteiger partial charge on any atom is -0.494 e. The van der Waals surface area contributed by atoms with Crippen LogP contribution in [0.1, 0.15) is 10.4 Å². The fraction of sp³-hybridized carbons (Fsp3) is 0.111. The maximum atomic E-state index is 11.7. The van der Waals surface area contributed by atoms with Gasteiger partial charge in [0, 0.05) is 17.3 Å². The number of pyridine rings is 1. The Morgan fingerprint density at radius 1 is 1.17 bits per heavy atom. The van der Waals surface area contributed by atoms with E-state index in [0.29, 0.717) is 21.9 Å². The van der Waals surface area contributed by atoms with E-state index in [2.05, 4.69) is 10.3 Å². The first kappa shape index (κ1) is 16.1. The molecule has 1 heterocycles.